The van der Waals surface area contributed by atoms with Gasteiger partial charge in [-0.2, -0.15) is 0 Å². The summed E-state index contributed by atoms with van der Waals surface area (Å²) in [7, 11) is 0. The summed E-state index contributed by atoms with van der Waals surface area (Å²) in [5.41, 5.74) is 2.91. The first-order chi connectivity index (χ1) is 16.2. The van der Waals surface area contributed by atoms with E-state index in [1.165, 1.54) is 23.1 Å². The largest absolute Gasteiger partial charge is 0.439 e. The van der Waals surface area contributed by atoms with Crippen LogP contribution < -0.4 is 15.0 Å². The Bertz CT molecular complexity index is 1330. The van der Waals surface area contributed by atoms with Gasteiger partial charge in [-0.05, 0) is 73.1 Å². The molecule has 1 fully saturated rings. The summed E-state index contributed by atoms with van der Waals surface area (Å²) in [5.74, 6) is -0.475. The number of nitro groups is 1. The minimum atomic E-state index is -0.578. The molecule has 0 unspecified atom stereocenters. The summed E-state index contributed by atoms with van der Waals surface area (Å²) < 4.78 is 5.59. The molecule has 0 radical (unpaired) electrons. The number of thiocarbonyl (C=S) groups is 1. The maximum atomic E-state index is 13.2. The number of ether oxygens (including phenoxy) is 1. The summed E-state index contributed by atoms with van der Waals surface area (Å²) in [5, 5.41) is 13.3. The number of anilines is 1. The molecule has 1 saturated heterocycles. The fourth-order valence-electron chi connectivity index (χ4n) is 3.43. The maximum Gasteiger partial charge on any atom is 0.287 e. The Hall–Kier alpha value is -4.44. The molecule has 2 heterocycles. The van der Waals surface area contributed by atoms with Crippen molar-refractivity contribution in [2.75, 3.05) is 4.90 Å². The van der Waals surface area contributed by atoms with Gasteiger partial charge in [0.1, 0.15) is 17.5 Å². The van der Waals surface area contributed by atoms with E-state index in [1.54, 1.807) is 24.3 Å². The summed E-state index contributed by atoms with van der Waals surface area (Å²) in [6, 6.07) is 14.9. The van der Waals surface area contributed by atoms with E-state index in [9.17, 15) is 19.7 Å². The number of amides is 2. The topological polar surface area (TPSA) is 115 Å². The van der Waals surface area contributed by atoms with Crippen LogP contribution >= 0.6 is 12.2 Å². The predicted octanol–water partition coefficient (Wildman–Crippen LogP) is 4.23. The minimum absolute atomic E-state index is 0.0245. The molecule has 10 heteroatoms. The summed E-state index contributed by atoms with van der Waals surface area (Å²) in [6.45, 7) is 3.83. The van der Waals surface area contributed by atoms with Crippen molar-refractivity contribution >= 4 is 46.6 Å². The van der Waals surface area contributed by atoms with E-state index in [2.05, 4.69) is 10.3 Å². The van der Waals surface area contributed by atoms with Crippen molar-refractivity contribution in [1.29, 1.82) is 0 Å². The van der Waals surface area contributed by atoms with Gasteiger partial charge < -0.3 is 4.74 Å². The van der Waals surface area contributed by atoms with E-state index in [1.807, 2.05) is 32.0 Å². The highest BCUT2D eigenvalue weighted by molar-refractivity contribution is 7.80. The van der Waals surface area contributed by atoms with E-state index in [0.717, 1.165) is 17.3 Å². The molecule has 1 N–H and O–H groups in total. The molecule has 3 aromatic rings. The van der Waals surface area contributed by atoms with Crippen molar-refractivity contribution in [1.82, 2.24) is 10.3 Å². The predicted molar refractivity (Wildman–Crippen MR) is 130 cm³/mol. The summed E-state index contributed by atoms with van der Waals surface area (Å²) in [6.07, 6.45) is 2.58. The number of nitrogens with one attached hydrogen (secondary N) is 1. The molecule has 0 spiro atoms. The SMILES string of the molecule is Cc1cc(C)cc(N2C(=O)/C(=C\c3ccc(Oc4ccc([N+](=O)[O-])cn4)cc3)C(=O)NC2=S)c1. The standard InChI is InChI=1S/C24H18N4O5S/c1-14-9-15(2)11-18(10-14)27-23(30)20(22(29)26-24(27)34)12-16-3-6-19(7-4-16)33-21-8-5-17(13-25-21)28(31)32/h3-13H,1-2H3,(H,26,29,34)/b20-12-. The number of aromatic nitrogens is 1. The lowest BCUT2D eigenvalue weighted by molar-refractivity contribution is -0.385. The Labute approximate surface area is 199 Å². The second kappa shape index (κ2) is 9.20. The van der Waals surface area contributed by atoms with E-state index >= 15 is 0 Å². The smallest absolute Gasteiger partial charge is 0.287 e. The highest BCUT2D eigenvalue weighted by Crippen LogP contribution is 2.26. The molecule has 0 aliphatic carbocycles. The van der Waals surface area contributed by atoms with E-state index < -0.39 is 16.7 Å². The van der Waals surface area contributed by atoms with Crippen LogP contribution in [0.25, 0.3) is 6.08 Å². The second-order valence-corrected chi connectivity index (χ2v) is 7.97. The van der Waals surface area contributed by atoms with Crippen LogP contribution in [0.5, 0.6) is 11.6 Å². The number of nitrogens with zero attached hydrogens (tertiary/aromatic N) is 3. The highest BCUT2D eigenvalue weighted by atomic mass is 32.1. The molecule has 1 aromatic heterocycles. The molecule has 34 heavy (non-hydrogen) atoms. The van der Waals surface area contributed by atoms with E-state index in [-0.39, 0.29) is 22.3 Å². The first kappa shape index (κ1) is 22.7. The number of hydrogen-bond acceptors (Lipinski definition) is 7. The molecule has 170 valence electrons. The number of hydrogen-bond donors (Lipinski definition) is 1. The van der Waals surface area contributed by atoms with Crippen LogP contribution in [0.4, 0.5) is 11.4 Å². The first-order valence-corrected chi connectivity index (χ1v) is 10.5. The fourth-order valence-corrected chi connectivity index (χ4v) is 3.71. The molecule has 0 bridgehead atoms. The summed E-state index contributed by atoms with van der Waals surface area (Å²) >= 11 is 5.26. The van der Waals surface area contributed by atoms with Gasteiger partial charge in [-0.15, -0.1) is 0 Å². The Morgan fingerprint density at radius 1 is 1.06 bits per heavy atom. The third-order valence-electron chi connectivity index (χ3n) is 4.91. The van der Waals surface area contributed by atoms with Gasteiger partial charge in [0, 0.05) is 12.1 Å². The average Bonchev–Trinajstić information content (AvgIpc) is 2.77. The van der Waals surface area contributed by atoms with Gasteiger partial charge in [-0.3, -0.25) is 29.9 Å². The van der Waals surface area contributed by atoms with Crippen LogP contribution in [-0.2, 0) is 9.59 Å². The molecule has 1 aliphatic heterocycles. The molecular formula is C24H18N4O5S. The van der Waals surface area contributed by atoms with Gasteiger partial charge in [0.05, 0.1) is 10.6 Å². The molecule has 9 nitrogen and oxygen atoms in total. The second-order valence-electron chi connectivity index (χ2n) is 7.59. The van der Waals surface area contributed by atoms with Crippen LogP contribution in [0, 0.1) is 24.0 Å². The van der Waals surface area contributed by atoms with Crippen LogP contribution in [0.3, 0.4) is 0 Å². The van der Waals surface area contributed by atoms with Gasteiger partial charge in [0.2, 0.25) is 5.88 Å². The molecular weight excluding hydrogens is 456 g/mol. The van der Waals surface area contributed by atoms with Gasteiger partial charge >= 0.3 is 0 Å². The van der Waals surface area contributed by atoms with Crippen molar-refractivity contribution in [2.45, 2.75) is 13.8 Å². The molecule has 1 aliphatic rings. The molecule has 2 amide bonds. The first-order valence-electron chi connectivity index (χ1n) is 10.1. The average molecular weight is 474 g/mol. The van der Waals surface area contributed by atoms with Gasteiger partial charge in [0.25, 0.3) is 17.5 Å². The van der Waals surface area contributed by atoms with Crippen LogP contribution in [0.15, 0.2) is 66.4 Å². The van der Waals surface area contributed by atoms with Gasteiger partial charge in [-0.25, -0.2) is 4.98 Å². The Balaban J connectivity index is 1.56. The van der Waals surface area contributed by atoms with Crippen molar-refractivity contribution < 1.29 is 19.2 Å². The number of benzene rings is 2. The Kier molecular flexibility index (Phi) is 6.15. The minimum Gasteiger partial charge on any atom is -0.439 e. The fraction of sp³-hybridized carbons (Fsp3) is 0.0833. The third-order valence-corrected chi connectivity index (χ3v) is 5.20. The lowest BCUT2D eigenvalue weighted by Gasteiger charge is -2.29. The van der Waals surface area contributed by atoms with E-state index in [0.29, 0.717) is 17.0 Å². The molecule has 0 saturated carbocycles. The van der Waals surface area contributed by atoms with E-state index in [4.69, 9.17) is 17.0 Å². The molecule has 0 atom stereocenters. The zero-order valence-corrected chi connectivity index (χ0v) is 19.0. The highest BCUT2D eigenvalue weighted by Gasteiger charge is 2.34. The number of carbonyl (C=O) groups excluding carboxylic acids is 2. The van der Waals surface area contributed by atoms with Crippen molar-refractivity contribution in [2.24, 2.45) is 0 Å². The Morgan fingerprint density at radius 2 is 1.74 bits per heavy atom. The van der Waals surface area contributed by atoms with Crippen LogP contribution in [-0.4, -0.2) is 26.8 Å². The number of carbonyl (C=O) groups is 2. The van der Waals surface area contributed by atoms with Crippen molar-refractivity contribution in [3.05, 3.63) is 93.2 Å². The third kappa shape index (κ3) is 4.81. The monoisotopic (exact) mass is 474 g/mol. The molecule has 4 rings (SSSR count). The number of aryl methyl sites for hydroxylation is 2. The number of pyridine rings is 1. The van der Waals surface area contributed by atoms with Crippen LogP contribution in [0.1, 0.15) is 16.7 Å². The van der Waals surface area contributed by atoms with Crippen molar-refractivity contribution in [3.8, 4) is 11.6 Å². The number of rotatable bonds is 5. The van der Waals surface area contributed by atoms with Gasteiger partial charge in [0.15, 0.2) is 5.11 Å². The summed E-state index contributed by atoms with van der Waals surface area (Å²) in [4.78, 5) is 41.1. The lowest BCUT2D eigenvalue weighted by atomic mass is 10.1. The van der Waals surface area contributed by atoms with Gasteiger partial charge in [-0.1, -0.05) is 18.2 Å². The quantitative estimate of drug-likeness (QED) is 0.193. The maximum absolute atomic E-state index is 13.2. The zero-order valence-electron chi connectivity index (χ0n) is 18.1. The Morgan fingerprint density at radius 3 is 2.32 bits per heavy atom. The normalized spacial score (nSPS) is 14.8. The molecule has 2 aromatic carbocycles. The zero-order chi connectivity index (χ0) is 24.4. The lowest BCUT2D eigenvalue weighted by Crippen LogP contribution is -2.54. The van der Waals surface area contributed by atoms with Crippen molar-refractivity contribution in [3.63, 3.8) is 0 Å². The van der Waals surface area contributed by atoms with Crippen LogP contribution in [0.2, 0.25) is 0 Å².